The number of carbonyl (C=O) groups excluding carboxylic acids is 1. The fourth-order valence-electron chi connectivity index (χ4n) is 2.43. The molecule has 0 aromatic heterocycles. The van der Waals surface area contributed by atoms with E-state index in [0.29, 0.717) is 29.4 Å². The first-order valence-corrected chi connectivity index (χ1v) is 9.05. The maximum Gasteiger partial charge on any atom is 0.335 e. The zero-order valence-electron chi connectivity index (χ0n) is 16.3. The summed E-state index contributed by atoms with van der Waals surface area (Å²) in [5.74, 6) is -0.548. The van der Waals surface area contributed by atoms with Gasteiger partial charge in [-0.1, -0.05) is 19.4 Å². The summed E-state index contributed by atoms with van der Waals surface area (Å²) in [4.78, 5) is 23.3. The zero-order chi connectivity index (χ0) is 21.2. The molecule has 29 heavy (non-hydrogen) atoms. The molecule has 2 aromatic carbocycles. The van der Waals surface area contributed by atoms with Gasteiger partial charge >= 0.3 is 5.97 Å². The highest BCUT2D eigenvalue weighted by atomic mass is 16.5. The van der Waals surface area contributed by atoms with E-state index in [-0.39, 0.29) is 11.1 Å². The van der Waals surface area contributed by atoms with Gasteiger partial charge in [0.1, 0.15) is 11.6 Å². The molecule has 0 bridgehead atoms. The van der Waals surface area contributed by atoms with E-state index in [2.05, 4.69) is 12.2 Å². The standard InChI is InChI=1S/C22H22N2O5/c1-3-4-11-29-20-13-15(5-10-19(20)28-2)12-17(14-23)21(25)24-18-8-6-16(7-9-18)22(26)27/h5-10,12-13H,3-4,11H2,1-2H3,(H,24,25)(H,26,27)/b17-12+. The maximum atomic E-state index is 12.4. The van der Waals surface area contributed by atoms with Crippen LogP contribution in [0.25, 0.3) is 6.08 Å². The zero-order valence-corrected chi connectivity index (χ0v) is 16.3. The number of nitrogens with one attached hydrogen (secondary N) is 1. The summed E-state index contributed by atoms with van der Waals surface area (Å²) < 4.78 is 11.0. The van der Waals surface area contributed by atoms with Crippen LogP contribution in [0.3, 0.4) is 0 Å². The molecule has 0 atom stereocenters. The molecule has 0 aliphatic carbocycles. The Bertz CT molecular complexity index is 943. The molecule has 0 saturated carbocycles. The van der Waals surface area contributed by atoms with Gasteiger partial charge in [-0.2, -0.15) is 5.26 Å². The average molecular weight is 394 g/mol. The molecule has 0 aliphatic rings. The fraction of sp³-hybridized carbons (Fsp3) is 0.227. The number of hydrogen-bond acceptors (Lipinski definition) is 5. The third-order valence-electron chi connectivity index (χ3n) is 4.01. The van der Waals surface area contributed by atoms with Crippen molar-refractivity contribution >= 4 is 23.6 Å². The first-order chi connectivity index (χ1) is 14.0. The van der Waals surface area contributed by atoms with Crippen molar-refractivity contribution in [2.45, 2.75) is 19.8 Å². The number of carbonyl (C=O) groups is 2. The van der Waals surface area contributed by atoms with Crippen molar-refractivity contribution < 1.29 is 24.2 Å². The molecule has 7 heteroatoms. The minimum atomic E-state index is -1.06. The van der Waals surface area contributed by atoms with Crippen molar-refractivity contribution in [3.8, 4) is 17.6 Å². The Hall–Kier alpha value is -3.79. The number of benzene rings is 2. The lowest BCUT2D eigenvalue weighted by atomic mass is 10.1. The molecule has 0 unspecified atom stereocenters. The van der Waals surface area contributed by atoms with E-state index in [1.165, 1.54) is 30.3 Å². The number of carboxylic acids is 1. The van der Waals surface area contributed by atoms with Gasteiger partial charge in [0.2, 0.25) is 0 Å². The first kappa shape index (κ1) is 21.5. The quantitative estimate of drug-likeness (QED) is 0.376. The summed E-state index contributed by atoms with van der Waals surface area (Å²) in [7, 11) is 1.54. The van der Waals surface area contributed by atoms with Crippen LogP contribution in [0.1, 0.15) is 35.7 Å². The van der Waals surface area contributed by atoms with Crippen LogP contribution in [-0.2, 0) is 4.79 Å². The van der Waals surface area contributed by atoms with Gasteiger partial charge in [0.15, 0.2) is 11.5 Å². The number of methoxy groups -OCH3 is 1. The first-order valence-electron chi connectivity index (χ1n) is 9.05. The molecular weight excluding hydrogens is 372 g/mol. The molecule has 2 rings (SSSR count). The van der Waals surface area contributed by atoms with Crippen LogP contribution in [0, 0.1) is 11.3 Å². The summed E-state index contributed by atoms with van der Waals surface area (Å²) in [6.07, 6.45) is 3.34. The van der Waals surface area contributed by atoms with Gasteiger partial charge in [0, 0.05) is 5.69 Å². The normalized spacial score (nSPS) is 10.7. The number of ether oxygens (including phenoxy) is 2. The summed E-state index contributed by atoms with van der Waals surface area (Å²) in [6, 6.07) is 12.7. The van der Waals surface area contributed by atoms with E-state index in [1.54, 1.807) is 25.3 Å². The second-order valence-electron chi connectivity index (χ2n) is 6.12. The van der Waals surface area contributed by atoms with Gasteiger partial charge in [-0.05, 0) is 54.5 Å². The summed E-state index contributed by atoms with van der Waals surface area (Å²) >= 11 is 0. The summed E-state index contributed by atoms with van der Waals surface area (Å²) in [5.41, 5.74) is 1.01. The van der Waals surface area contributed by atoms with Gasteiger partial charge in [0.25, 0.3) is 5.91 Å². The molecule has 0 fully saturated rings. The number of nitrogens with zero attached hydrogens (tertiary/aromatic N) is 1. The molecule has 0 aliphatic heterocycles. The Morgan fingerprint density at radius 1 is 1.17 bits per heavy atom. The van der Waals surface area contributed by atoms with Crippen molar-refractivity contribution in [1.29, 1.82) is 5.26 Å². The number of anilines is 1. The Kier molecular flexibility index (Phi) is 7.80. The summed E-state index contributed by atoms with van der Waals surface area (Å²) in [6.45, 7) is 2.60. The monoisotopic (exact) mass is 394 g/mol. The Morgan fingerprint density at radius 3 is 2.48 bits per heavy atom. The molecular formula is C22H22N2O5. The topological polar surface area (TPSA) is 109 Å². The van der Waals surface area contributed by atoms with Crippen LogP contribution in [0.4, 0.5) is 5.69 Å². The number of aromatic carboxylic acids is 1. The Morgan fingerprint density at radius 2 is 1.90 bits per heavy atom. The van der Waals surface area contributed by atoms with Crippen LogP contribution >= 0.6 is 0 Å². The van der Waals surface area contributed by atoms with E-state index in [1.807, 2.05) is 6.07 Å². The second kappa shape index (κ2) is 10.5. The van der Waals surface area contributed by atoms with E-state index in [9.17, 15) is 14.9 Å². The lowest BCUT2D eigenvalue weighted by Gasteiger charge is -2.11. The third kappa shape index (κ3) is 6.11. The predicted octanol–water partition coefficient (Wildman–Crippen LogP) is 4.12. The molecule has 0 radical (unpaired) electrons. The number of rotatable bonds is 9. The Balaban J connectivity index is 2.19. The number of hydrogen-bond donors (Lipinski definition) is 2. The van der Waals surface area contributed by atoms with E-state index < -0.39 is 11.9 Å². The van der Waals surface area contributed by atoms with Crippen molar-refractivity contribution in [3.63, 3.8) is 0 Å². The molecule has 0 heterocycles. The Labute approximate surface area is 169 Å². The van der Waals surface area contributed by atoms with Crippen LogP contribution in [0.5, 0.6) is 11.5 Å². The van der Waals surface area contributed by atoms with Crippen LogP contribution in [-0.4, -0.2) is 30.7 Å². The van der Waals surface area contributed by atoms with E-state index in [0.717, 1.165) is 12.8 Å². The largest absolute Gasteiger partial charge is 0.493 e. The van der Waals surface area contributed by atoms with E-state index >= 15 is 0 Å². The summed E-state index contributed by atoms with van der Waals surface area (Å²) in [5, 5.41) is 20.9. The minimum absolute atomic E-state index is 0.100. The highest BCUT2D eigenvalue weighted by Crippen LogP contribution is 2.29. The number of unbranched alkanes of at least 4 members (excludes halogenated alkanes) is 1. The van der Waals surface area contributed by atoms with Crippen LogP contribution in [0.15, 0.2) is 48.0 Å². The van der Waals surface area contributed by atoms with E-state index in [4.69, 9.17) is 14.6 Å². The number of amides is 1. The SMILES string of the molecule is CCCCOc1cc(/C=C(\C#N)C(=O)Nc2ccc(C(=O)O)cc2)ccc1OC. The molecule has 7 nitrogen and oxygen atoms in total. The van der Waals surface area contributed by atoms with Gasteiger partial charge in [-0.3, -0.25) is 4.79 Å². The molecule has 150 valence electrons. The smallest absolute Gasteiger partial charge is 0.335 e. The number of nitriles is 1. The van der Waals surface area contributed by atoms with Crippen molar-refractivity contribution in [2.75, 3.05) is 19.0 Å². The molecule has 1 amide bonds. The highest BCUT2D eigenvalue weighted by Gasteiger charge is 2.12. The van der Waals surface area contributed by atoms with Gasteiger partial charge in [0.05, 0.1) is 19.3 Å². The lowest BCUT2D eigenvalue weighted by molar-refractivity contribution is -0.112. The van der Waals surface area contributed by atoms with Crippen LogP contribution < -0.4 is 14.8 Å². The minimum Gasteiger partial charge on any atom is -0.493 e. The van der Waals surface area contributed by atoms with Crippen molar-refractivity contribution in [3.05, 3.63) is 59.2 Å². The van der Waals surface area contributed by atoms with Crippen molar-refractivity contribution in [2.24, 2.45) is 0 Å². The van der Waals surface area contributed by atoms with Crippen LogP contribution in [0.2, 0.25) is 0 Å². The highest BCUT2D eigenvalue weighted by molar-refractivity contribution is 6.09. The van der Waals surface area contributed by atoms with Gasteiger partial charge in [-0.15, -0.1) is 0 Å². The molecule has 0 spiro atoms. The maximum absolute atomic E-state index is 12.4. The van der Waals surface area contributed by atoms with Gasteiger partial charge in [-0.25, -0.2) is 4.79 Å². The molecule has 2 aromatic rings. The average Bonchev–Trinajstić information content (AvgIpc) is 2.72. The molecule has 0 saturated heterocycles. The second-order valence-corrected chi connectivity index (χ2v) is 6.12. The predicted molar refractivity (Wildman–Crippen MR) is 109 cm³/mol. The number of carboxylic acid groups (broad SMARTS) is 1. The lowest BCUT2D eigenvalue weighted by Crippen LogP contribution is -2.13. The van der Waals surface area contributed by atoms with Crippen molar-refractivity contribution in [1.82, 2.24) is 0 Å². The fourth-order valence-corrected chi connectivity index (χ4v) is 2.43. The molecule has 2 N–H and O–H groups in total. The third-order valence-corrected chi connectivity index (χ3v) is 4.01. The van der Waals surface area contributed by atoms with Gasteiger partial charge < -0.3 is 19.9 Å².